The Morgan fingerprint density at radius 1 is 1.38 bits per heavy atom. The van der Waals surface area contributed by atoms with E-state index in [-0.39, 0.29) is 17.2 Å². The molecule has 0 fully saturated rings. The monoisotopic (exact) mass is 379 g/mol. The van der Waals surface area contributed by atoms with Crippen molar-refractivity contribution in [2.45, 2.75) is 26.8 Å². The molecule has 1 unspecified atom stereocenters. The molecule has 2 rings (SSSR count). The van der Waals surface area contributed by atoms with Crippen LogP contribution in [0.4, 0.5) is 10.1 Å². The number of carbonyl (C=O) groups excluding carboxylic acids is 1. The van der Waals surface area contributed by atoms with Crippen LogP contribution in [0.15, 0.2) is 29.0 Å². The average Bonchev–Trinajstić information content (AvgIpc) is 3.14. The van der Waals surface area contributed by atoms with Crippen molar-refractivity contribution >= 4 is 22.9 Å². The van der Waals surface area contributed by atoms with Gasteiger partial charge in [0.05, 0.1) is 16.5 Å². The second-order valence-electron chi connectivity index (χ2n) is 5.86. The molecule has 0 aliphatic carbocycles. The highest BCUT2D eigenvalue weighted by molar-refractivity contribution is 7.07. The van der Waals surface area contributed by atoms with Crippen LogP contribution in [0, 0.1) is 22.9 Å². The number of carbonyl (C=O) groups is 1. The first kappa shape index (κ1) is 20.0. The van der Waals surface area contributed by atoms with Crippen LogP contribution >= 0.6 is 11.3 Å². The lowest BCUT2D eigenvalue weighted by molar-refractivity contribution is -0.385. The summed E-state index contributed by atoms with van der Waals surface area (Å²) in [5.74, 6) is -1.29. The number of thiophene rings is 1. The van der Waals surface area contributed by atoms with Crippen LogP contribution in [0.3, 0.4) is 0 Å². The molecular weight excluding hydrogens is 357 g/mol. The highest BCUT2D eigenvalue weighted by Crippen LogP contribution is 2.24. The fourth-order valence-corrected chi connectivity index (χ4v) is 3.57. The van der Waals surface area contributed by atoms with Gasteiger partial charge in [-0.3, -0.25) is 19.8 Å². The number of nitro groups is 1. The molecule has 1 aromatic heterocycles. The van der Waals surface area contributed by atoms with Crippen molar-refractivity contribution in [2.24, 2.45) is 0 Å². The number of hydrogen-bond donors (Lipinski definition) is 1. The van der Waals surface area contributed by atoms with Gasteiger partial charge >= 0.3 is 0 Å². The topological polar surface area (TPSA) is 75.5 Å². The van der Waals surface area contributed by atoms with Gasteiger partial charge in [0.2, 0.25) is 0 Å². The van der Waals surface area contributed by atoms with Crippen molar-refractivity contribution in [1.82, 2.24) is 10.2 Å². The van der Waals surface area contributed by atoms with E-state index in [1.807, 2.05) is 30.7 Å². The fourth-order valence-electron chi connectivity index (χ4n) is 2.86. The first-order valence-electron chi connectivity index (χ1n) is 8.37. The highest BCUT2D eigenvalue weighted by Gasteiger charge is 2.22. The molecule has 26 heavy (non-hydrogen) atoms. The summed E-state index contributed by atoms with van der Waals surface area (Å²) in [7, 11) is 0. The van der Waals surface area contributed by atoms with E-state index in [9.17, 15) is 19.3 Å². The van der Waals surface area contributed by atoms with Crippen LogP contribution in [0.1, 0.15) is 41.4 Å². The quantitative estimate of drug-likeness (QED) is 0.557. The summed E-state index contributed by atoms with van der Waals surface area (Å²) in [6, 6.07) is 4.15. The van der Waals surface area contributed by atoms with Gasteiger partial charge in [-0.1, -0.05) is 13.8 Å². The molecule has 0 saturated carbocycles. The van der Waals surface area contributed by atoms with Crippen LogP contribution in [0.25, 0.3) is 0 Å². The predicted octanol–water partition coefficient (Wildman–Crippen LogP) is 3.92. The smallest absolute Gasteiger partial charge is 0.276 e. The molecule has 0 aliphatic heterocycles. The van der Waals surface area contributed by atoms with Gasteiger partial charge in [0.1, 0.15) is 5.82 Å². The minimum absolute atomic E-state index is 0.00881. The fraction of sp³-hybridized carbons (Fsp3) is 0.389. The molecule has 2 aromatic rings. The molecule has 1 heterocycles. The maximum absolute atomic E-state index is 13.9. The zero-order chi connectivity index (χ0) is 19.3. The van der Waals surface area contributed by atoms with Crippen LogP contribution in [0.5, 0.6) is 0 Å². The van der Waals surface area contributed by atoms with Crippen molar-refractivity contribution in [2.75, 3.05) is 19.6 Å². The van der Waals surface area contributed by atoms with Crippen LogP contribution < -0.4 is 5.32 Å². The largest absolute Gasteiger partial charge is 0.350 e. The van der Waals surface area contributed by atoms with Gasteiger partial charge in [0, 0.05) is 18.2 Å². The normalized spacial score (nSPS) is 12.2. The molecule has 1 atom stereocenters. The van der Waals surface area contributed by atoms with Crippen molar-refractivity contribution in [3.8, 4) is 0 Å². The molecule has 6 nitrogen and oxygen atoms in total. The zero-order valence-corrected chi connectivity index (χ0v) is 15.8. The van der Waals surface area contributed by atoms with Crippen LogP contribution in [-0.4, -0.2) is 35.4 Å². The number of nitrogens with zero attached hydrogens (tertiary/aromatic N) is 2. The number of nitrogens with one attached hydrogen (secondary N) is 1. The standard InChI is InChI=1S/C18H22FN3O3S/c1-4-21(5-2)17(13-6-7-26-11-13)10-20-18(23)14-8-15(19)12(3)16(9-14)22(24)25/h6-9,11,17H,4-5,10H2,1-3H3,(H,20,23). The molecular formula is C18H22FN3O3S. The Balaban J connectivity index is 2.19. The first-order valence-corrected chi connectivity index (χ1v) is 9.32. The van der Waals surface area contributed by atoms with E-state index < -0.39 is 22.3 Å². The highest BCUT2D eigenvalue weighted by atomic mass is 32.1. The second kappa shape index (κ2) is 8.86. The van der Waals surface area contributed by atoms with E-state index >= 15 is 0 Å². The number of halogens is 1. The molecule has 0 saturated heterocycles. The zero-order valence-electron chi connectivity index (χ0n) is 15.0. The molecule has 1 amide bonds. The maximum Gasteiger partial charge on any atom is 0.276 e. The van der Waals surface area contributed by atoms with Gasteiger partial charge in [-0.15, -0.1) is 0 Å². The lowest BCUT2D eigenvalue weighted by Crippen LogP contribution is -2.38. The van der Waals surface area contributed by atoms with Gasteiger partial charge in [-0.2, -0.15) is 11.3 Å². The SMILES string of the molecule is CCN(CC)C(CNC(=O)c1cc(F)c(C)c([N+](=O)[O-])c1)c1ccsc1. The van der Waals surface area contributed by atoms with E-state index in [2.05, 4.69) is 10.2 Å². The lowest BCUT2D eigenvalue weighted by atomic mass is 10.1. The van der Waals surface area contributed by atoms with E-state index in [1.54, 1.807) is 11.3 Å². The number of hydrogen-bond acceptors (Lipinski definition) is 5. The molecule has 0 bridgehead atoms. The first-order chi connectivity index (χ1) is 12.4. The maximum atomic E-state index is 13.9. The minimum atomic E-state index is -0.762. The Morgan fingerprint density at radius 3 is 2.62 bits per heavy atom. The summed E-state index contributed by atoms with van der Waals surface area (Å²) in [5, 5.41) is 17.8. The summed E-state index contributed by atoms with van der Waals surface area (Å²) in [6.45, 7) is 7.38. The Kier molecular flexibility index (Phi) is 6.82. The van der Waals surface area contributed by atoms with Crippen molar-refractivity contribution in [1.29, 1.82) is 0 Å². The van der Waals surface area contributed by atoms with Crippen LogP contribution in [0.2, 0.25) is 0 Å². The summed E-state index contributed by atoms with van der Waals surface area (Å²) in [5.41, 5.74) is 0.572. The average molecular weight is 379 g/mol. The van der Waals surface area contributed by atoms with Crippen molar-refractivity contribution in [3.05, 3.63) is 61.6 Å². The molecule has 8 heteroatoms. The number of likely N-dealkylation sites (N-methyl/N-ethyl adjacent to an activating group) is 1. The van der Waals surface area contributed by atoms with E-state index in [0.717, 1.165) is 30.8 Å². The third-order valence-electron chi connectivity index (χ3n) is 4.41. The van der Waals surface area contributed by atoms with Gasteiger partial charge in [-0.05, 0) is 48.5 Å². The van der Waals surface area contributed by atoms with Gasteiger partial charge in [0.15, 0.2) is 0 Å². The van der Waals surface area contributed by atoms with Gasteiger partial charge in [-0.25, -0.2) is 4.39 Å². The molecule has 0 spiro atoms. The molecule has 1 N–H and O–H groups in total. The van der Waals surface area contributed by atoms with E-state index in [0.29, 0.717) is 6.54 Å². The Labute approximate surface area is 155 Å². The molecule has 1 aromatic carbocycles. The van der Waals surface area contributed by atoms with E-state index in [4.69, 9.17) is 0 Å². The third-order valence-corrected chi connectivity index (χ3v) is 5.11. The molecule has 0 radical (unpaired) electrons. The van der Waals surface area contributed by atoms with Crippen molar-refractivity contribution < 1.29 is 14.1 Å². The molecule has 0 aliphatic rings. The third kappa shape index (κ3) is 4.44. The Hall–Kier alpha value is -2.32. The minimum Gasteiger partial charge on any atom is -0.350 e. The Bertz CT molecular complexity index is 776. The van der Waals surface area contributed by atoms with E-state index in [1.165, 1.54) is 6.92 Å². The Morgan fingerprint density at radius 2 is 2.08 bits per heavy atom. The summed E-state index contributed by atoms with van der Waals surface area (Å²) in [4.78, 5) is 25.0. The van der Waals surface area contributed by atoms with Gasteiger partial charge < -0.3 is 5.32 Å². The summed E-state index contributed by atoms with van der Waals surface area (Å²) >= 11 is 1.58. The number of nitro benzene ring substituents is 1. The van der Waals surface area contributed by atoms with Crippen molar-refractivity contribution in [3.63, 3.8) is 0 Å². The molecule has 140 valence electrons. The van der Waals surface area contributed by atoms with Gasteiger partial charge in [0.25, 0.3) is 11.6 Å². The predicted molar refractivity (Wildman–Crippen MR) is 100 cm³/mol. The lowest BCUT2D eigenvalue weighted by Gasteiger charge is -2.29. The number of rotatable bonds is 8. The van der Waals surface area contributed by atoms with Crippen LogP contribution in [-0.2, 0) is 0 Å². The number of amides is 1. The summed E-state index contributed by atoms with van der Waals surface area (Å²) in [6.07, 6.45) is 0. The summed E-state index contributed by atoms with van der Waals surface area (Å²) < 4.78 is 13.9. The number of benzene rings is 1. The second-order valence-corrected chi connectivity index (χ2v) is 6.64.